The number of H-pyrrole nitrogens is 1. The molecule has 7 nitrogen and oxygen atoms in total. The molecule has 2 unspecified atom stereocenters. The van der Waals surface area contributed by atoms with Crippen LogP contribution >= 0.6 is 0 Å². The van der Waals surface area contributed by atoms with Crippen LogP contribution in [0.3, 0.4) is 0 Å². The molecule has 2 heterocycles. The summed E-state index contributed by atoms with van der Waals surface area (Å²) in [6.45, 7) is 0.401. The predicted molar refractivity (Wildman–Crippen MR) is 114 cm³/mol. The van der Waals surface area contributed by atoms with Crippen LogP contribution < -0.4 is 4.74 Å². The van der Waals surface area contributed by atoms with Crippen LogP contribution in [0.4, 0.5) is 0 Å². The lowest BCUT2D eigenvalue weighted by atomic mass is 9.85. The lowest BCUT2D eigenvalue weighted by Crippen LogP contribution is -2.41. The van der Waals surface area contributed by atoms with Crippen LogP contribution in [0.2, 0.25) is 0 Å². The van der Waals surface area contributed by atoms with E-state index < -0.39 is 17.4 Å². The highest BCUT2D eigenvalue weighted by Gasteiger charge is 2.54. The van der Waals surface area contributed by atoms with Crippen LogP contribution in [0.15, 0.2) is 54.9 Å². The molecule has 1 fully saturated rings. The van der Waals surface area contributed by atoms with Crippen LogP contribution in [-0.2, 0) is 16.9 Å². The van der Waals surface area contributed by atoms with Crippen LogP contribution in [0.5, 0.6) is 5.75 Å². The van der Waals surface area contributed by atoms with Crippen LogP contribution in [0.25, 0.3) is 11.1 Å². The van der Waals surface area contributed by atoms with E-state index in [2.05, 4.69) is 10.2 Å². The first-order valence-corrected chi connectivity index (χ1v) is 10.3. The van der Waals surface area contributed by atoms with Gasteiger partial charge < -0.3 is 14.7 Å². The Labute approximate surface area is 179 Å². The lowest BCUT2D eigenvalue weighted by Gasteiger charge is -2.36. The molecular weight excluding hydrogens is 394 g/mol. The minimum atomic E-state index is -0.797. The van der Waals surface area contributed by atoms with E-state index in [1.807, 2.05) is 47.4 Å². The third-order valence-corrected chi connectivity index (χ3v) is 6.66. The Hall–Kier alpha value is -3.61. The quantitative estimate of drug-likeness (QED) is 0.658. The molecule has 1 saturated carbocycles. The number of ether oxygens (including phenoxy) is 1. The second kappa shape index (κ2) is 7.27. The Kier molecular flexibility index (Phi) is 4.54. The highest BCUT2D eigenvalue weighted by molar-refractivity contribution is 6.01. The average molecular weight is 417 g/mol. The van der Waals surface area contributed by atoms with Gasteiger partial charge in [0.05, 0.1) is 24.8 Å². The van der Waals surface area contributed by atoms with Gasteiger partial charge in [-0.3, -0.25) is 14.7 Å². The van der Waals surface area contributed by atoms with Crippen LogP contribution in [-0.4, -0.2) is 39.2 Å². The number of nitrogens with one attached hydrogen (secondary N) is 1. The zero-order valence-electron chi connectivity index (χ0n) is 17.2. The van der Waals surface area contributed by atoms with Gasteiger partial charge in [0.1, 0.15) is 5.75 Å². The van der Waals surface area contributed by atoms with Crippen molar-refractivity contribution in [1.29, 1.82) is 0 Å². The molecule has 3 aromatic rings. The smallest absolute Gasteiger partial charge is 0.306 e. The Bertz CT molecular complexity index is 1160. The molecule has 1 aliphatic carbocycles. The zero-order chi connectivity index (χ0) is 21.6. The van der Waals surface area contributed by atoms with Gasteiger partial charge in [0.2, 0.25) is 0 Å². The number of carbonyl (C=O) groups is 2. The number of hydrogen-bond donors (Lipinski definition) is 2. The number of carbonyl (C=O) groups excluding carboxylic acids is 1. The van der Waals surface area contributed by atoms with Gasteiger partial charge in [0, 0.05) is 23.9 Å². The molecule has 0 radical (unpaired) electrons. The van der Waals surface area contributed by atoms with E-state index in [-0.39, 0.29) is 5.91 Å². The summed E-state index contributed by atoms with van der Waals surface area (Å²) in [5, 5.41) is 16.5. The molecule has 2 aliphatic rings. The van der Waals surface area contributed by atoms with Gasteiger partial charge in [0.15, 0.2) is 0 Å². The summed E-state index contributed by atoms with van der Waals surface area (Å²) in [5.74, 6) is -0.587. The van der Waals surface area contributed by atoms with E-state index in [1.165, 1.54) is 0 Å². The highest BCUT2D eigenvalue weighted by atomic mass is 16.5. The molecule has 158 valence electrons. The second-order valence-corrected chi connectivity index (χ2v) is 8.30. The van der Waals surface area contributed by atoms with E-state index in [1.54, 1.807) is 19.5 Å². The van der Waals surface area contributed by atoms with Gasteiger partial charge in [-0.05, 0) is 54.2 Å². The molecular formula is C24H23N3O4. The maximum Gasteiger partial charge on any atom is 0.306 e. The number of methoxy groups -OCH3 is 1. The fourth-order valence-electron chi connectivity index (χ4n) is 5.10. The van der Waals surface area contributed by atoms with Crippen LogP contribution in [0.1, 0.15) is 40.7 Å². The summed E-state index contributed by atoms with van der Waals surface area (Å²) in [5.41, 5.74) is 3.74. The molecule has 2 aromatic carbocycles. The van der Waals surface area contributed by atoms with Gasteiger partial charge in [-0.25, -0.2) is 0 Å². The Morgan fingerprint density at radius 1 is 1.29 bits per heavy atom. The van der Waals surface area contributed by atoms with Crippen molar-refractivity contribution in [2.75, 3.05) is 7.11 Å². The Morgan fingerprint density at radius 2 is 2.16 bits per heavy atom. The first-order chi connectivity index (χ1) is 15.0. The monoisotopic (exact) mass is 417 g/mol. The molecule has 2 atom stereocenters. The molecule has 1 spiro atoms. The van der Waals surface area contributed by atoms with Gasteiger partial charge in [0.25, 0.3) is 5.91 Å². The number of nitrogens with zero attached hydrogens (tertiary/aromatic N) is 2. The number of carboxylic acid groups (broad SMARTS) is 1. The van der Waals surface area contributed by atoms with Crippen LogP contribution in [0, 0.1) is 5.92 Å². The maximum absolute atomic E-state index is 13.6. The number of carboxylic acids is 1. The number of benzene rings is 2. The number of aromatic nitrogens is 2. The molecule has 0 saturated heterocycles. The predicted octanol–water partition coefficient (Wildman–Crippen LogP) is 3.82. The zero-order valence-corrected chi connectivity index (χ0v) is 17.2. The SMILES string of the molecule is COc1cccc(CN2C(=O)c3cc(-c4cn[nH]c4)ccc3C23CCC(C(=O)O)C3)c1. The summed E-state index contributed by atoms with van der Waals surface area (Å²) in [4.78, 5) is 27.3. The molecule has 7 heteroatoms. The molecule has 0 bridgehead atoms. The molecule has 1 aliphatic heterocycles. The first-order valence-electron chi connectivity index (χ1n) is 10.3. The lowest BCUT2D eigenvalue weighted by molar-refractivity contribution is -0.141. The van der Waals surface area contributed by atoms with Crippen molar-refractivity contribution in [3.63, 3.8) is 0 Å². The third kappa shape index (κ3) is 3.08. The maximum atomic E-state index is 13.6. The average Bonchev–Trinajstić information content (AvgIpc) is 3.51. The summed E-state index contributed by atoms with van der Waals surface area (Å²) in [7, 11) is 1.61. The van der Waals surface area contributed by atoms with Crippen molar-refractivity contribution in [1.82, 2.24) is 15.1 Å². The van der Waals surface area contributed by atoms with E-state index in [4.69, 9.17) is 4.74 Å². The standard InChI is InChI=1S/C24H23N3O4/c1-31-19-4-2-3-15(9-19)14-27-22(28)20-10-16(18-12-25-26-13-18)5-6-21(20)24(27)8-7-17(11-24)23(29)30/h2-6,9-10,12-13,17H,7-8,11,14H2,1H3,(H,25,26)(H,29,30). The number of hydrogen-bond acceptors (Lipinski definition) is 4. The summed E-state index contributed by atoms with van der Waals surface area (Å²) < 4.78 is 5.34. The van der Waals surface area contributed by atoms with E-state index in [9.17, 15) is 14.7 Å². The van der Waals surface area contributed by atoms with Crippen molar-refractivity contribution in [3.8, 4) is 16.9 Å². The van der Waals surface area contributed by atoms with Crippen molar-refractivity contribution in [2.45, 2.75) is 31.3 Å². The summed E-state index contributed by atoms with van der Waals surface area (Å²) in [6, 6.07) is 13.5. The minimum Gasteiger partial charge on any atom is -0.497 e. The molecule has 2 N–H and O–H groups in total. The molecule has 1 amide bonds. The number of rotatable bonds is 5. The van der Waals surface area contributed by atoms with Gasteiger partial charge in [-0.15, -0.1) is 0 Å². The number of fused-ring (bicyclic) bond motifs is 2. The second-order valence-electron chi connectivity index (χ2n) is 8.30. The van der Waals surface area contributed by atoms with Crippen molar-refractivity contribution >= 4 is 11.9 Å². The van der Waals surface area contributed by atoms with E-state index in [0.29, 0.717) is 31.4 Å². The fraction of sp³-hybridized carbons (Fsp3) is 0.292. The number of aliphatic carboxylic acids is 1. The number of amides is 1. The normalized spacial score (nSPS) is 22.2. The Morgan fingerprint density at radius 3 is 2.87 bits per heavy atom. The summed E-state index contributed by atoms with van der Waals surface area (Å²) in [6.07, 6.45) is 5.13. The molecule has 1 aromatic heterocycles. The highest BCUT2D eigenvalue weighted by Crippen LogP contribution is 2.53. The largest absolute Gasteiger partial charge is 0.497 e. The van der Waals surface area contributed by atoms with Gasteiger partial charge in [-0.1, -0.05) is 24.3 Å². The summed E-state index contributed by atoms with van der Waals surface area (Å²) >= 11 is 0. The van der Waals surface area contributed by atoms with Crippen molar-refractivity contribution < 1.29 is 19.4 Å². The first kappa shape index (κ1) is 19.4. The van der Waals surface area contributed by atoms with Gasteiger partial charge in [-0.2, -0.15) is 5.10 Å². The molecule has 31 heavy (non-hydrogen) atoms. The van der Waals surface area contributed by atoms with Crippen molar-refractivity contribution in [3.05, 3.63) is 71.5 Å². The van der Waals surface area contributed by atoms with Crippen molar-refractivity contribution in [2.24, 2.45) is 5.92 Å². The van der Waals surface area contributed by atoms with E-state index in [0.717, 1.165) is 28.0 Å². The third-order valence-electron chi connectivity index (χ3n) is 6.66. The molecule has 5 rings (SSSR count). The number of aromatic amines is 1. The topological polar surface area (TPSA) is 95.5 Å². The fourth-order valence-corrected chi connectivity index (χ4v) is 5.10. The van der Waals surface area contributed by atoms with E-state index >= 15 is 0 Å². The van der Waals surface area contributed by atoms with Gasteiger partial charge >= 0.3 is 5.97 Å². The Balaban J connectivity index is 1.58. The minimum absolute atomic E-state index is 0.0609.